The molecule has 2 aromatic carbocycles. The molecule has 0 fully saturated rings. The first-order valence-corrected chi connectivity index (χ1v) is 8.16. The van der Waals surface area contributed by atoms with Crippen molar-refractivity contribution in [2.45, 2.75) is 6.92 Å². The Balaban J connectivity index is 1.98. The highest BCUT2D eigenvalue weighted by atomic mass is 16.5. The van der Waals surface area contributed by atoms with Crippen LogP contribution in [0.4, 0.5) is 5.82 Å². The van der Waals surface area contributed by atoms with Crippen molar-refractivity contribution < 1.29 is 9.47 Å². The maximum atomic E-state index is 6.21. The summed E-state index contributed by atoms with van der Waals surface area (Å²) in [4.78, 5) is 13.8. The van der Waals surface area contributed by atoms with Gasteiger partial charge in [0, 0.05) is 28.1 Å². The molecule has 130 valence electrons. The lowest BCUT2D eigenvalue weighted by atomic mass is 10.1. The zero-order chi connectivity index (χ0) is 18.3. The molecule has 4 rings (SSSR count). The lowest BCUT2D eigenvalue weighted by Crippen LogP contribution is -2.00. The molecule has 0 aliphatic rings. The fourth-order valence-corrected chi connectivity index (χ4v) is 3.05. The topological polar surface area (TPSA) is 83.2 Å². The highest BCUT2D eigenvalue weighted by Crippen LogP contribution is 2.35. The summed E-state index contributed by atoms with van der Waals surface area (Å²) in [5, 5.41) is 1.71. The number of nitrogens with zero attached hydrogens (tertiary/aromatic N) is 3. The standard InChI is InChI=1S/C20H18N4O2/c1-11-7-8-12-13(5-4-6-15(12)22-11)20-23-16-10-18(26-3)17(25-2)9-14(16)19(21)24-20/h4-10H,1-3H3,(H2,21,23,24). The maximum absolute atomic E-state index is 6.21. The van der Waals surface area contributed by atoms with Gasteiger partial charge in [-0.1, -0.05) is 18.2 Å². The summed E-state index contributed by atoms with van der Waals surface area (Å²) in [5.74, 6) is 2.13. The second-order valence-electron chi connectivity index (χ2n) is 5.98. The number of methoxy groups -OCH3 is 2. The number of aromatic nitrogens is 3. The number of hydrogen-bond donors (Lipinski definition) is 1. The molecule has 0 saturated carbocycles. The van der Waals surface area contributed by atoms with Crippen LogP contribution in [0.2, 0.25) is 0 Å². The van der Waals surface area contributed by atoms with E-state index in [2.05, 4.69) is 9.97 Å². The molecule has 2 aromatic heterocycles. The summed E-state index contributed by atoms with van der Waals surface area (Å²) in [6, 6.07) is 13.5. The number of fused-ring (bicyclic) bond motifs is 2. The molecular weight excluding hydrogens is 328 g/mol. The van der Waals surface area contributed by atoms with Gasteiger partial charge in [-0.2, -0.15) is 0 Å². The van der Waals surface area contributed by atoms with E-state index in [4.69, 9.17) is 20.2 Å². The van der Waals surface area contributed by atoms with Crippen molar-refractivity contribution in [2.75, 3.05) is 20.0 Å². The molecule has 2 N–H and O–H groups in total. The van der Waals surface area contributed by atoms with Crippen LogP contribution in [0.3, 0.4) is 0 Å². The summed E-state index contributed by atoms with van der Waals surface area (Å²) in [6.45, 7) is 1.97. The Labute approximate surface area is 150 Å². The first-order chi connectivity index (χ1) is 12.6. The average Bonchev–Trinajstić information content (AvgIpc) is 2.66. The fraction of sp³-hybridized carbons (Fsp3) is 0.150. The molecule has 2 heterocycles. The second kappa shape index (κ2) is 6.15. The zero-order valence-electron chi connectivity index (χ0n) is 14.8. The summed E-state index contributed by atoms with van der Waals surface area (Å²) in [7, 11) is 3.17. The van der Waals surface area contributed by atoms with E-state index >= 15 is 0 Å². The van der Waals surface area contributed by atoms with E-state index in [1.165, 1.54) is 0 Å². The van der Waals surface area contributed by atoms with Crippen molar-refractivity contribution in [3.05, 3.63) is 48.2 Å². The molecule has 0 aliphatic carbocycles. The summed E-state index contributed by atoms with van der Waals surface area (Å²) < 4.78 is 10.7. The molecule has 6 heteroatoms. The molecule has 0 aliphatic heterocycles. The monoisotopic (exact) mass is 346 g/mol. The third kappa shape index (κ3) is 2.56. The van der Waals surface area contributed by atoms with Crippen LogP contribution in [-0.2, 0) is 0 Å². The first kappa shape index (κ1) is 16.1. The van der Waals surface area contributed by atoms with Crippen molar-refractivity contribution in [3.8, 4) is 22.9 Å². The summed E-state index contributed by atoms with van der Waals surface area (Å²) in [5.41, 5.74) is 9.66. The number of ether oxygens (including phenoxy) is 2. The van der Waals surface area contributed by atoms with E-state index in [0.717, 1.165) is 27.5 Å². The van der Waals surface area contributed by atoms with Gasteiger partial charge in [-0.15, -0.1) is 0 Å². The van der Waals surface area contributed by atoms with Crippen LogP contribution in [0, 0.1) is 6.92 Å². The maximum Gasteiger partial charge on any atom is 0.162 e. The number of pyridine rings is 1. The van der Waals surface area contributed by atoms with Gasteiger partial charge in [0.05, 0.1) is 25.3 Å². The van der Waals surface area contributed by atoms with Gasteiger partial charge in [0.15, 0.2) is 17.3 Å². The normalized spacial score (nSPS) is 11.0. The summed E-state index contributed by atoms with van der Waals surface area (Å²) >= 11 is 0. The molecule has 6 nitrogen and oxygen atoms in total. The van der Waals surface area contributed by atoms with E-state index in [-0.39, 0.29) is 0 Å². The first-order valence-electron chi connectivity index (χ1n) is 8.16. The molecule has 0 radical (unpaired) electrons. The van der Waals surface area contributed by atoms with Crippen LogP contribution in [-0.4, -0.2) is 29.2 Å². The predicted octanol–water partition coefficient (Wildman–Crippen LogP) is 3.75. The smallest absolute Gasteiger partial charge is 0.162 e. The van der Waals surface area contributed by atoms with Crippen molar-refractivity contribution in [3.63, 3.8) is 0 Å². The van der Waals surface area contributed by atoms with Crippen LogP contribution >= 0.6 is 0 Å². The fourth-order valence-electron chi connectivity index (χ4n) is 3.05. The molecule has 0 amide bonds. The predicted molar refractivity (Wildman–Crippen MR) is 103 cm³/mol. The number of anilines is 1. The van der Waals surface area contributed by atoms with Gasteiger partial charge < -0.3 is 15.2 Å². The number of nitrogens with two attached hydrogens (primary N) is 1. The number of benzene rings is 2. The van der Waals surface area contributed by atoms with Crippen LogP contribution in [0.25, 0.3) is 33.2 Å². The Kier molecular flexibility index (Phi) is 3.80. The van der Waals surface area contributed by atoms with E-state index in [9.17, 15) is 0 Å². The van der Waals surface area contributed by atoms with Gasteiger partial charge in [-0.25, -0.2) is 9.97 Å². The van der Waals surface area contributed by atoms with Crippen molar-refractivity contribution in [1.82, 2.24) is 15.0 Å². The molecule has 0 unspecified atom stereocenters. The molecule has 0 bridgehead atoms. The number of nitrogen functional groups attached to an aromatic ring is 1. The zero-order valence-corrected chi connectivity index (χ0v) is 14.8. The number of rotatable bonds is 3. The van der Waals surface area contributed by atoms with E-state index in [0.29, 0.717) is 28.7 Å². The Bertz CT molecular complexity index is 1140. The van der Waals surface area contributed by atoms with Crippen molar-refractivity contribution in [1.29, 1.82) is 0 Å². The van der Waals surface area contributed by atoms with Crippen molar-refractivity contribution in [2.24, 2.45) is 0 Å². The minimum absolute atomic E-state index is 0.392. The average molecular weight is 346 g/mol. The Morgan fingerprint density at radius 2 is 1.58 bits per heavy atom. The Hall–Kier alpha value is -3.41. The molecule has 26 heavy (non-hydrogen) atoms. The molecule has 0 saturated heterocycles. The number of aryl methyl sites for hydroxylation is 1. The van der Waals surface area contributed by atoms with Crippen molar-refractivity contribution >= 4 is 27.6 Å². The van der Waals surface area contributed by atoms with Gasteiger partial charge >= 0.3 is 0 Å². The minimum atomic E-state index is 0.392. The van der Waals surface area contributed by atoms with Crippen LogP contribution in [0.15, 0.2) is 42.5 Å². The molecule has 4 aromatic rings. The quantitative estimate of drug-likeness (QED) is 0.608. The highest BCUT2D eigenvalue weighted by Gasteiger charge is 2.14. The SMILES string of the molecule is COc1cc2nc(-c3cccc4nc(C)ccc34)nc(N)c2cc1OC. The van der Waals surface area contributed by atoms with Gasteiger partial charge in [-0.05, 0) is 25.1 Å². The van der Waals surface area contributed by atoms with Gasteiger partial charge in [0.1, 0.15) is 5.82 Å². The van der Waals surface area contributed by atoms with E-state index in [1.807, 2.05) is 43.3 Å². The molecule has 0 spiro atoms. The summed E-state index contributed by atoms with van der Waals surface area (Å²) in [6.07, 6.45) is 0. The lowest BCUT2D eigenvalue weighted by Gasteiger charge is -2.12. The Morgan fingerprint density at radius 3 is 2.35 bits per heavy atom. The second-order valence-corrected chi connectivity index (χ2v) is 5.98. The van der Waals surface area contributed by atoms with Gasteiger partial charge in [0.2, 0.25) is 0 Å². The lowest BCUT2D eigenvalue weighted by molar-refractivity contribution is 0.356. The van der Waals surface area contributed by atoms with Gasteiger partial charge in [-0.3, -0.25) is 4.98 Å². The van der Waals surface area contributed by atoms with Gasteiger partial charge in [0.25, 0.3) is 0 Å². The van der Waals surface area contributed by atoms with Crippen LogP contribution in [0.5, 0.6) is 11.5 Å². The van der Waals surface area contributed by atoms with Crippen LogP contribution in [0.1, 0.15) is 5.69 Å². The Morgan fingerprint density at radius 1 is 0.808 bits per heavy atom. The molecule has 0 atom stereocenters. The molecular formula is C20H18N4O2. The van der Waals surface area contributed by atoms with E-state index in [1.54, 1.807) is 20.3 Å². The third-order valence-corrected chi connectivity index (χ3v) is 4.34. The highest BCUT2D eigenvalue weighted by molar-refractivity contribution is 5.96. The van der Waals surface area contributed by atoms with E-state index < -0.39 is 0 Å². The largest absolute Gasteiger partial charge is 0.493 e. The minimum Gasteiger partial charge on any atom is -0.493 e. The third-order valence-electron chi connectivity index (χ3n) is 4.34. The number of hydrogen-bond acceptors (Lipinski definition) is 6. The van der Waals surface area contributed by atoms with Crippen LogP contribution < -0.4 is 15.2 Å².